The molecule has 1 atom stereocenters. The summed E-state index contributed by atoms with van der Waals surface area (Å²) in [6.45, 7) is 0. The lowest BCUT2D eigenvalue weighted by atomic mass is 9.82. The lowest BCUT2D eigenvalue weighted by Gasteiger charge is -2.25. The number of H-pyrrole nitrogens is 1. The zero-order chi connectivity index (χ0) is 20.5. The monoisotopic (exact) mass is 383 g/mol. The number of hydrogen-bond acceptors (Lipinski definition) is 6. The molecule has 1 unspecified atom stereocenters. The molecule has 1 aliphatic heterocycles. The molecule has 3 aromatic rings. The van der Waals surface area contributed by atoms with Crippen molar-refractivity contribution in [2.75, 3.05) is 0 Å². The van der Waals surface area contributed by atoms with Crippen LogP contribution in [0.3, 0.4) is 0 Å². The number of rotatable bonds is 3. The van der Waals surface area contributed by atoms with Gasteiger partial charge in [0, 0.05) is 34.8 Å². The minimum Gasteiger partial charge on any atom is -0.439 e. The van der Waals surface area contributed by atoms with Crippen molar-refractivity contribution in [1.82, 2.24) is 4.98 Å². The zero-order valence-electron chi connectivity index (χ0n) is 14.9. The molecule has 0 aliphatic carbocycles. The first-order chi connectivity index (χ1) is 14.0. The smallest absolute Gasteiger partial charge is 0.269 e. The fourth-order valence-electron chi connectivity index (χ4n) is 3.48. The average Bonchev–Trinajstić information content (AvgIpc) is 3.17. The van der Waals surface area contributed by atoms with Gasteiger partial charge in [-0.05, 0) is 11.6 Å². The standard InChI is InChI=1S/C21H13N5O3/c22-9-15-19(12-4-3-5-13(8-12)26(27)28)16(10-23)21(24)29-20(15)17-11-25-18-7-2-1-6-14(17)18/h1-8,11,19,25H,24H2. The number of non-ortho nitro benzene ring substituents is 1. The van der Waals surface area contributed by atoms with Crippen molar-refractivity contribution in [2.45, 2.75) is 5.92 Å². The van der Waals surface area contributed by atoms with Gasteiger partial charge in [0.25, 0.3) is 5.69 Å². The van der Waals surface area contributed by atoms with Gasteiger partial charge in [-0.2, -0.15) is 10.5 Å². The zero-order valence-corrected chi connectivity index (χ0v) is 14.9. The SMILES string of the molecule is N#CC1=C(N)OC(c2c[nH]c3ccccc23)=C(C#N)C1c1cccc([N+](=O)[O-])c1. The highest BCUT2D eigenvalue weighted by atomic mass is 16.6. The summed E-state index contributed by atoms with van der Waals surface area (Å²) in [4.78, 5) is 13.8. The summed E-state index contributed by atoms with van der Waals surface area (Å²) in [5.74, 6) is -0.788. The van der Waals surface area contributed by atoms with Crippen molar-refractivity contribution in [3.8, 4) is 12.1 Å². The van der Waals surface area contributed by atoms with Gasteiger partial charge in [-0.3, -0.25) is 10.1 Å². The van der Waals surface area contributed by atoms with Crippen molar-refractivity contribution < 1.29 is 9.66 Å². The third-order valence-corrected chi connectivity index (χ3v) is 4.79. The van der Waals surface area contributed by atoms with Crippen LogP contribution < -0.4 is 5.73 Å². The van der Waals surface area contributed by atoms with Crippen LogP contribution in [-0.2, 0) is 4.74 Å². The van der Waals surface area contributed by atoms with Crippen LogP contribution in [0.25, 0.3) is 16.7 Å². The van der Waals surface area contributed by atoms with Crippen LogP contribution in [0.2, 0.25) is 0 Å². The summed E-state index contributed by atoms with van der Waals surface area (Å²) in [6, 6.07) is 17.4. The van der Waals surface area contributed by atoms with Crippen molar-refractivity contribution in [3.63, 3.8) is 0 Å². The highest BCUT2D eigenvalue weighted by Crippen LogP contribution is 2.43. The van der Waals surface area contributed by atoms with E-state index in [1.165, 1.54) is 18.2 Å². The van der Waals surface area contributed by atoms with E-state index in [2.05, 4.69) is 11.1 Å². The molecule has 1 aliphatic rings. The molecule has 0 bridgehead atoms. The van der Waals surface area contributed by atoms with Gasteiger partial charge in [0.1, 0.15) is 11.6 Å². The maximum atomic E-state index is 11.2. The largest absolute Gasteiger partial charge is 0.439 e. The molecular weight excluding hydrogens is 370 g/mol. The number of hydrogen-bond donors (Lipinski definition) is 2. The molecule has 8 nitrogen and oxygen atoms in total. The Kier molecular flexibility index (Phi) is 4.23. The van der Waals surface area contributed by atoms with E-state index in [0.717, 1.165) is 10.9 Å². The first-order valence-corrected chi connectivity index (χ1v) is 8.57. The number of nitro benzene ring substituents is 1. The quantitative estimate of drug-likeness (QED) is 0.520. The van der Waals surface area contributed by atoms with Gasteiger partial charge in [0.2, 0.25) is 5.88 Å². The molecule has 2 aromatic carbocycles. The Morgan fingerprint density at radius 3 is 2.59 bits per heavy atom. The van der Waals surface area contributed by atoms with Gasteiger partial charge in [0.15, 0.2) is 5.76 Å². The number of nitro groups is 1. The second kappa shape index (κ2) is 6.87. The Morgan fingerprint density at radius 2 is 1.86 bits per heavy atom. The third kappa shape index (κ3) is 2.85. The fraction of sp³-hybridized carbons (Fsp3) is 0.0476. The number of aromatic amines is 1. The molecule has 0 amide bonds. The summed E-state index contributed by atoms with van der Waals surface area (Å²) in [6.07, 6.45) is 1.70. The third-order valence-electron chi connectivity index (χ3n) is 4.79. The first-order valence-electron chi connectivity index (χ1n) is 8.57. The van der Waals surface area contributed by atoms with E-state index in [9.17, 15) is 20.6 Å². The normalized spacial score (nSPS) is 16.3. The minimum absolute atomic E-state index is 0.0330. The van der Waals surface area contributed by atoms with Crippen LogP contribution in [0, 0.1) is 32.8 Å². The Balaban J connectivity index is 1.97. The number of benzene rings is 2. The molecule has 4 rings (SSSR count). The van der Waals surface area contributed by atoms with Crippen molar-refractivity contribution in [3.05, 3.63) is 93.0 Å². The molecule has 29 heavy (non-hydrogen) atoms. The second-order valence-corrected chi connectivity index (χ2v) is 6.38. The lowest BCUT2D eigenvalue weighted by Crippen LogP contribution is -2.20. The number of ether oxygens (including phenoxy) is 1. The van der Waals surface area contributed by atoms with Gasteiger partial charge in [-0.15, -0.1) is 0 Å². The average molecular weight is 383 g/mol. The second-order valence-electron chi connectivity index (χ2n) is 6.38. The molecule has 8 heteroatoms. The number of nitriles is 2. The van der Waals surface area contributed by atoms with Crippen molar-refractivity contribution in [2.24, 2.45) is 5.73 Å². The summed E-state index contributed by atoms with van der Waals surface area (Å²) in [5, 5.41) is 31.6. The molecule has 2 heterocycles. The Labute approximate surface area is 164 Å². The topological polar surface area (TPSA) is 142 Å². The van der Waals surface area contributed by atoms with Crippen LogP contribution >= 0.6 is 0 Å². The maximum absolute atomic E-state index is 11.2. The number of nitrogens with one attached hydrogen (secondary N) is 1. The van der Waals surface area contributed by atoms with E-state index in [1.807, 2.05) is 30.3 Å². The molecule has 0 radical (unpaired) electrons. The van der Waals surface area contributed by atoms with Gasteiger partial charge in [-0.1, -0.05) is 30.3 Å². The number of nitrogens with two attached hydrogens (primary N) is 1. The van der Waals surface area contributed by atoms with Gasteiger partial charge in [0.05, 0.1) is 22.5 Å². The first kappa shape index (κ1) is 17.8. The molecular formula is C21H13N5O3. The summed E-state index contributed by atoms with van der Waals surface area (Å²) in [5.41, 5.74) is 7.94. The van der Waals surface area contributed by atoms with Crippen LogP contribution in [0.15, 0.2) is 71.8 Å². The molecule has 0 fully saturated rings. The van der Waals surface area contributed by atoms with Crippen molar-refractivity contribution >= 4 is 22.3 Å². The predicted molar refractivity (Wildman–Crippen MR) is 105 cm³/mol. The summed E-state index contributed by atoms with van der Waals surface area (Å²) in [7, 11) is 0. The molecule has 140 valence electrons. The maximum Gasteiger partial charge on any atom is 0.269 e. The van der Waals surface area contributed by atoms with Gasteiger partial charge in [-0.25, -0.2) is 0 Å². The van der Waals surface area contributed by atoms with E-state index in [0.29, 0.717) is 11.1 Å². The number of para-hydroxylation sites is 1. The number of nitrogens with zero attached hydrogens (tertiary/aromatic N) is 3. The van der Waals surface area contributed by atoms with E-state index >= 15 is 0 Å². The highest BCUT2D eigenvalue weighted by Gasteiger charge is 2.35. The van der Waals surface area contributed by atoms with Crippen LogP contribution in [0.5, 0.6) is 0 Å². The Hall–Kier alpha value is -4.56. The number of aromatic nitrogens is 1. The van der Waals surface area contributed by atoms with Crippen LogP contribution in [0.4, 0.5) is 5.69 Å². The van der Waals surface area contributed by atoms with E-state index < -0.39 is 10.8 Å². The number of fused-ring (bicyclic) bond motifs is 1. The Morgan fingerprint density at radius 1 is 1.10 bits per heavy atom. The van der Waals surface area contributed by atoms with E-state index in [1.54, 1.807) is 12.3 Å². The molecule has 0 spiro atoms. The number of allylic oxidation sites excluding steroid dienone is 2. The lowest BCUT2D eigenvalue weighted by molar-refractivity contribution is -0.384. The van der Waals surface area contributed by atoms with Crippen LogP contribution in [-0.4, -0.2) is 9.91 Å². The molecule has 0 saturated heterocycles. The minimum atomic E-state index is -0.873. The predicted octanol–water partition coefficient (Wildman–Crippen LogP) is 3.82. The molecule has 0 saturated carbocycles. The fourth-order valence-corrected chi connectivity index (χ4v) is 3.48. The van der Waals surface area contributed by atoms with Crippen LogP contribution in [0.1, 0.15) is 17.0 Å². The highest BCUT2D eigenvalue weighted by molar-refractivity contribution is 5.93. The van der Waals surface area contributed by atoms with Crippen molar-refractivity contribution in [1.29, 1.82) is 10.5 Å². The Bertz CT molecular complexity index is 1300. The van der Waals surface area contributed by atoms with E-state index in [-0.39, 0.29) is 28.5 Å². The molecule has 1 aromatic heterocycles. The van der Waals surface area contributed by atoms with E-state index in [4.69, 9.17) is 10.5 Å². The van der Waals surface area contributed by atoms with Gasteiger partial charge < -0.3 is 15.5 Å². The summed E-state index contributed by atoms with van der Waals surface area (Å²) >= 11 is 0. The van der Waals surface area contributed by atoms with Gasteiger partial charge >= 0.3 is 0 Å². The molecule has 3 N–H and O–H groups in total. The summed E-state index contributed by atoms with van der Waals surface area (Å²) < 4.78 is 5.71.